The molecule has 0 aliphatic heterocycles. The number of aromatic amines is 1. The van der Waals surface area contributed by atoms with E-state index in [1.54, 1.807) is 6.33 Å². The number of benzene rings is 1. The van der Waals surface area contributed by atoms with Gasteiger partial charge in [-0.25, -0.2) is 9.37 Å². The van der Waals surface area contributed by atoms with E-state index in [2.05, 4.69) is 16.0 Å². The number of halogens is 1. The van der Waals surface area contributed by atoms with E-state index in [4.69, 9.17) is 0 Å². The average Bonchev–Trinajstić information content (AvgIpc) is 2.91. The van der Waals surface area contributed by atoms with Crippen LogP contribution in [0.25, 0.3) is 5.57 Å². The largest absolute Gasteiger partial charge is 0.345 e. The molecule has 0 aliphatic carbocycles. The number of allylic oxidation sites excluding steroid dienone is 2. The van der Waals surface area contributed by atoms with Crippen molar-refractivity contribution in [2.24, 2.45) is 0 Å². The Morgan fingerprint density at radius 3 is 2.72 bits per heavy atom. The van der Waals surface area contributed by atoms with Crippen LogP contribution in [-0.2, 0) is 6.42 Å². The second-order valence-corrected chi connectivity index (χ2v) is 4.26. The first-order valence-corrected chi connectivity index (χ1v) is 6.18. The third-order valence-electron chi connectivity index (χ3n) is 3.02. The Bertz CT molecular complexity index is 498. The van der Waals surface area contributed by atoms with Gasteiger partial charge in [0.15, 0.2) is 0 Å². The summed E-state index contributed by atoms with van der Waals surface area (Å²) in [6, 6.07) is 6.73. The molecule has 0 bridgehead atoms. The molecule has 0 radical (unpaired) electrons. The van der Waals surface area contributed by atoms with Gasteiger partial charge in [0.2, 0.25) is 0 Å². The van der Waals surface area contributed by atoms with Crippen LogP contribution in [-0.4, -0.2) is 9.97 Å². The molecule has 1 N–H and O–H groups in total. The Labute approximate surface area is 107 Å². The summed E-state index contributed by atoms with van der Waals surface area (Å²) in [4.78, 5) is 7.14. The fourth-order valence-electron chi connectivity index (χ4n) is 2.00. The lowest BCUT2D eigenvalue weighted by Gasteiger charge is -2.05. The van der Waals surface area contributed by atoms with E-state index < -0.39 is 0 Å². The molecule has 94 valence electrons. The Hall–Kier alpha value is -1.90. The molecular weight excluding hydrogens is 227 g/mol. The number of rotatable bonds is 5. The minimum Gasteiger partial charge on any atom is -0.345 e. The van der Waals surface area contributed by atoms with E-state index in [0.29, 0.717) is 0 Å². The maximum absolute atomic E-state index is 12.8. The number of nitrogens with zero attached hydrogens (tertiary/aromatic N) is 1. The van der Waals surface area contributed by atoms with Gasteiger partial charge >= 0.3 is 0 Å². The fraction of sp³-hybridized carbons (Fsp3) is 0.267. The molecule has 2 rings (SSSR count). The minimum absolute atomic E-state index is 0.176. The number of H-pyrrole nitrogens is 1. The van der Waals surface area contributed by atoms with Gasteiger partial charge in [0.05, 0.1) is 18.2 Å². The number of aromatic nitrogens is 2. The van der Waals surface area contributed by atoms with Crippen molar-refractivity contribution in [1.82, 2.24) is 9.97 Å². The summed E-state index contributed by atoms with van der Waals surface area (Å²) >= 11 is 0. The normalized spacial score (nSPS) is 11.8. The highest BCUT2D eigenvalue weighted by atomic mass is 19.1. The smallest absolute Gasteiger partial charge is 0.123 e. The van der Waals surface area contributed by atoms with Crippen molar-refractivity contribution in [2.45, 2.75) is 26.2 Å². The number of nitrogens with one attached hydrogen (secondary N) is 1. The Kier molecular flexibility index (Phi) is 4.29. The zero-order valence-corrected chi connectivity index (χ0v) is 10.5. The second-order valence-electron chi connectivity index (χ2n) is 4.26. The van der Waals surface area contributed by atoms with Crippen LogP contribution in [0.4, 0.5) is 4.39 Å². The van der Waals surface area contributed by atoms with E-state index in [1.165, 1.54) is 23.3 Å². The first kappa shape index (κ1) is 12.6. The van der Waals surface area contributed by atoms with E-state index in [0.717, 1.165) is 25.0 Å². The lowest BCUT2D eigenvalue weighted by atomic mass is 10.0. The molecule has 0 atom stereocenters. The second kappa shape index (κ2) is 6.15. The number of hydrogen-bond acceptors (Lipinski definition) is 1. The monoisotopic (exact) mass is 244 g/mol. The van der Waals surface area contributed by atoms with Crippen LogP contribution in [0.3, 0.4) is 0 Å². The summed E-state index contributed by atoms with van der Waals surface area (Å²) in [5, 5.41) is 0. The van der Waals surface area contributed by atoms with Crippen molar-refractivity contribution in [2.75, 3.05) is 0 Å². The average molecular weight is 244 g/mol. The van der Waals surface area contributed by atoms with Crippen molar-refractivity contribution in [3.8, 4) is 0 Å². The molecule has 1 aromatic carbocycles. The molecule has 1 heterocycles. The maximum Gasteiger partial charge on any atom is 0.123 e. The van der Waals surface area contributed by atoms with Gasteiger partial charge in [-0.2, -0.15) is 0 Å². The Balaban J connectivity index is 1.86. The van der Waals surface area contributed by atoms with Gasteiger partial charge in [0, 0.05) is 0 Å². The van der Waals surface area contributed by atoms with Crippen LogP contribution in [0.2, 0.25) is 0 Å². The Morgan fingerprint density at radius 2 is 2.11 bits per heavy atom. The lowest BCUT2D eigenvalue weighted by molar-refractivity contribution is 0.626. The van der Waals surface area contributed by atoms with Crippen molar-refractivity contribution < 1.29 is 4.39 Å². The fourth-order valence-corrected chi connectivity index (χ4v) is 2.00. The highest BCUT2D eigenvalue weighted by Crippen LogP contribution is 2.18. The molecule has 0 saturated carbocycles. The lowest BCUT2D eigenvalue weighted by Crippen LogP contribution is -1.89. The SMILES string of the molecule is CC=C(CCCc1ccc(F)cc1)c1cnc[nH]1. The summed E-state index contributed by atoms with van der Waals surface area (Å²) in [5.74, 6) is -0.176. The zero-order valence-electron chi connectivity index (χ0n) is 10.5. The molecule has 1 aromatic heterocycles. The molecule has 0 fully saturated rings. The maximum atomic E-state index is 12.8. The van der Waals surface area contributed by atoms with Gasteiger partial charge in [0.1, 0.15) is 5.82 Å². The molecule has 2 aromatic rings. The van der Waals surface area contributed by atoms with Crippen LogP contribution < -0.4 is 0 Å². The van der Waals surface area contributed by atoms with Crippen molar-refractivity contribution in [1.29, 1.82) is 0 Å². The Morgan fingerprint density at radius 1 is 1.33 bits per heavy atom. The molecular formula is C15H17FN2. The van der Waals surface area contributed by atoms with Crippen LogP contribution in [0.15, 0.2) is 42.9 Å². The van der Waals surface area contributed by atoms with Crippen LogP contribution >= 0.6 is 0 Å². The van der Waals surface area contributed by atoms with Gasteiger partial charge in [-0.15, -0.1) is 0 Å². The molecule has 0 spiro atoms. The van der Waals surface area contributed by atoms with Crippen LogP contribution in [0, 0.1) is 5.82 Å². The van der Waals surface area contributed by atoms with Gasteiger partial charge in [-0.05, 0) is 49.5 Å². The van der Waals surface area contributed by atoms with Gasteiger partial charge in [0.25, 0.3) is 0 Å². The number of imidazole rings is 1. The summed E-state index contributed by atoms with van der Waals surface area (Å²) in [5.41, 5.74) is 3.53. The van der Waals surface area contributed by atoms with Crippen molar-refractivity contribution >= 4 is 5.57 Å². The van der Waals surface area contributed by atoms with Crippen molar-refractivity contribution in [3.05, 3.63) is 59.9 Å². The predicted octanol–water partition coefficient (Wildman–Crippen LogP) is 3.98. The number of hydrogen-bond donors (Lipinski definition) is 1. The first-order chi connectivity index (χ1) is 8.79. The first-order valence-electron chi connectivity index (χ1n) is 6.18. The van der Waals surface area contributed by atoms with E-state index in [1.807, 2.05) is 25.3 Å². The van der Waals surface area contributed by atoms with Gasteiger partial charge in [-0.3, -0.25) is 0 Å². The molecule has 0 unspecified atom stereocenters. The zero-order chi connectivity index (χ0) is 12.8. The highest BCUT2D eigenvalue weighted by molar-refractivity contribution is 5.61. The van der Waals surface area contributed by atoms with Crippen LogP contribution in [0.5, 0.6) is 0 Å². The minimum atomic E-state index is -0.176. The summed E-state index contributed by atoms with van der Waals surface area (Å²) in [6.07, 6.45) is 8.65. The van der Waals surface area contributed by atoms with Gasteiger partial charge in [-0.1, -0.05) is 18.2 Å². The summed E-state index contributed by atoms with van der Waals surface area (Å²) in [7, 11) is 0. The van der Waals surface area contributed by atoms with E-state index >= 15 is 0 Å². The third-order valence-corrected chi connectivity index (χ3v) is 3.02. The molecule has 0 aliphatic rings. The number of aryl methyl sites for hydroxylation is 1. The highest BCUT2D eigenvalue weighted by Gasteiger charge is 2.02. The quantitative estimate of drug-likeness (QED) is 0.846. The predicted molar refractivity (Wildman–Crippen MR) is 71.6 cm³/mol. The van der Waals surface area contributed by atoms with E-state index in [9.17, 15) is 4.39 Å². The van der Waals surface area contributed by atoms with Crippen LogP contribution in [0.1, 0.15) is 31.0 Å². The standard InChI is InChI=1S/C15H17FN2/c1-2-13(15-10-17-11-18-15)5-3-4-12-6-8-14(16)9-7-12/h2,6-11H,3-5H2,1H3,(H,17,18). The summed E-state index contributed by atoms with van der Waals surface area (Å²) in [6.45, 7) is 2.04. The molecule has 0 saturated heterocycles. The van der Waals surface area contributed by atoms with Gasteiger partial charge < -0.3 is 4.98 Å². The molecule has 3 heteroatoms. The third kappa shape index (κ3) is 3.29. The summed E-state index contributed by atoms with van der Waals surface area (Å²) < 4.78 is 12.8. The molecule has 2 nitrogen and oxygen atoms in total. The molecule has 0 amide bonds. The van der Waals surface area contributed by atoms with E-state index in [-0.39, 0.29) is 5.82 Å². The molecule has 18 heavy (non-hydrogen) atoms. The topological polar surface area (TPSA) is 28.7 Å². The van der Waals surface area contributed by atoms with Crippen molar-refractivity contribution in [3.63, 3.8) is 0 Å².